The van der Waals surface area contributed by atoms with Crippen molar-refractivity contribution >= 4 is 0 Å². The van der Waals surface area contributed by atoms with Crippen LogP contribution in [0.4, 0.5) is 0 Å². The van der Waals surface area contributed by atoms with Crippen molar-refractivity contribution in [1.82, 2.24) is 9.97 Å². The second-order valence-electron chi connectivity index (χ2n) is 2.89. The second-order valence-corrected chi connectivity index (χ2v) is 2.89. The molecule has 0 amide bonds. The van der Waals surface area contributed by atoms with Gasteiger partial charge in [-0.1, -0.05) is 6.92 Å². The van der Waals surface area contributed by atoms with Gasteiger partial charge in [0.2, 0.25) is 0 Å². The topological polar surface area (TPSA) is 49.6 Å². The highest BCUT2D eigenvalue weighted by Crippen LogP contribution is 2.23. The van der Waals surface area contributed by atoms with Crippen molar-refractivity contribution in [3.63, 3.8) is 0 Å². The molecule has 1 rings (SSSR count). The summed E-state index contributed by atoms with van der Waals surface area (Å²) in [5, 5.41) is 8.92. The van der Waals surface area contributed by atoms with Gasteiger partial charge in [0, 0.05) is 18.6 Å². The molecule has 1 unspecified atom stereocenters. The molecule has 0 spiro atoms. The van der Waals surface area contributed by atoms with Crippen LogP contribution < -0.4 is 0 Å². The first kappa shape index (κ1) is 8.66. The zero-order valence-electron chi connectivity index (χ0n) is 7.28. The minimum absolute atomic E-state index is 0.492. The summed E-state index contributed by atoms with van der Waals surface area (Å²) >= 11 is 0. The SMILES string of the molecule is CCC(C)(C#N)c1cnccn1. The molecule has 12 heavy (non-hydrogen) atoms. The lowest BCUT2D eigenvalue weighted by atomic mass is 9.86. The standard InChI is InChI=1S/C9H11N3/c1-3-9(2,7-10)8-6-11-4-5-12-8/h4-6H,3H2,1-2H3. The van der Waals surface area contributed by atoms with E-state index in [9.17, 15) is 0 Å². The van der Waals surface area contributed by atoms with Crippen LogP contribution >= 0.6 is 0 Å². The monoisotopic (exact) mass is 161 g/mol. The molecule has 0 aliphatic rings. The summed E-state index contributed by atoms with van der Waals surface area (Å²) in [6.07, 6.45) is 5.62. The Hall–Kier alpha value is -1.43. The molecule has 3 nitrogen and oxygen atoms in total. The third-order valence-corrected chi connectivity index (χ3v) is 2.08. The zero-order valence-corrected chi connectivity index (χ0v) is 7.28. The van der Waals surface area contributed by atoms with Crippen LogP contribution in [-0.2, 0) is 5.41 Å². The van der Waals surface area contributed by atoms with E-state index in [4.69, 9.17) is 5.26 Å². The first-order chi connectivity index (χ1) is 5.73. The molecule has 0 aliphatic heterocycles. The highest BCUT2D eigenvalue weighted by Gasteiger charge is 2.25. The highest BCUT2D eigenvalue weighted by atomic mass is 14.8. The number of aromatic nitrogens is 2. The van der Waals surface area contributed by atoms with Crippen LogP contribution in [0.15, 0.2) is 18.6 Å². The van der Waals surface area contributed by atoms with E-state index in [0.29, 0.717) is 0 Å². The maximum absolute atomic E-state index is 8.92. The molecule has 0 fully saturated rings. The van der Waals surface area contributed by atoms with Gasteiger partial charge in [0.15, 0.2) is 0 Å². The van der Waals surface area contributed by atoms with Gasteiger partial charge in [0.05, 0.1) is 17.2 Å². The number of nitrogens with zero attached hydrogens (tertiary/aromatic N) is 3. The average molecular weight is 161 g/mol. The molecule has 0 N–H and O–H groups in total. The normalized spacial score (nSPS) is 14.8. The molecule has 1 aromatic heterocycles. The Bertz CT molecular complexity index is 288. The molecule has 0 aliphatic carbocycles. The van der Waals surface area contributed by atoms with Gasteiger partial charge in [0.25, 0.3) is 0 Å². The molecule has 0 aromatic carbocycles. The average Bonchev–Trinajstić information content (AvgIpc) is 2.18. The Labute approximate surface area is 72.1 Å². The van der Waals surface area contributed by atoms with Crippen molar-refractivity contribution in [3.8, 4) is 6.07 Å². The smallest absolute Gasteiger partial charge is 0.0978 e. The minimum atomic E-state index is -0.492. The van der Waals surface area contributed by atoms with E-state index in [0.717, 1.165) is 12.1 Å². The lowest BCUT2D eigenvalue weighted by Crippen LogP contribution is -2.19. The number of nitriles is 1. The molecule has 3 heteroatoms. The van der Waals surface area contributed by atoms with Gasteiger partial charge in [-0.3, -0.25) is 9.97 Å². The quantitative estimate of drug-likeness (QED) is 0.662. The molecular formula is C9H11N3. The summed E-state index contributed by atoms with van der Waals surface area (Å²) in [4.78, 5) is 8.04. The summed E-state index contributed by atoms with van der Waals surface area (Å²) in [7, 11) is 0. The van der Waals surface area contributed by atoms with Crippen molar-refractivity contribution < 1.29 is 0 Å². The molecule has 1 heterocycles. The largest absolute Gasteiger partial charge is 0.261 e. The fraction of sp³-hybridized carbons (Fsp3) is 0.444. The van der Waals surface area contributed by atoms with Crippen molar-refractivity contribution in [2.24, 2.45) is 0 Å². The number of rotatable bonds is 2. The molecule has 0 saturated carbocycles. The number of hydrogen-bond acceptors (Lipinski definition) is 3. The minimum Gasteiger partial charge on any atom is -0.261 e. The Kier molecular flexibility index (Phi) is 2.39. The molecular weight excluding hydrogens is 150 g/mol. The predicted octanol–water partition coefficient (Wildman–Crippen LogP) is 1.67. The molecule has 0 bridgehead atoms. The lowest BCUT2D eigenvalue weighted by molar-refractivity contribution is 0.565. The van der Waals surface area contributed by atoms with E-state index in [2.05, 4.69) is 16.0 Å². The summed E-state index contributed by atoms with van der Waals surface area (Å²) in [5.74, 6) is 0. The van der Waals surface area contributed by atoms with Crippen LogP contribution in [0.5, 0.6) is 0 Å². The van der Waals surface area contributed by atoms with E-state index in [1.807, 2.05) is 13.8 Å². The molecule has 62 valence electrons. The van der Waals surface area contributed by atoms with Crippen LogP contribution in [0.3, 0.4) is 0 Å². The summed E-state index contributed by atoms with van der Waals surface area (Å²) in [6.45, 7) is 3.84. The fourth-order valence-electron chi connectivity index (χ4n) is 0.901. The summed E-state index contributed by atoms with van der Waals surface area (Å²) in [6, 6.07) is 2.24. The molecule has 0 radical (unpaired) electrons. The van der Waals surface area contributed by atoms with Gasteiger partial charge in [0.1, 0.15) is 0 Å². The Morgan fingerprint density at radius 1 is 1.58 bits per heavy atom. The lowest BCUT2D eigenvalue weighted by Gasteiger charge is -2.17. The maximum Gasteiger partial charge on any atom is 0.0978 e. The highest BCUT2D eigenvalue weighted by molar-refractivity contribution is 5.21. The maximum atomic E-state index is 8.92. The van der Waals surface area contributed by atoms with Crippen LogP contribution in [-0.4, -0.2) is 9.97 Å². The van der Waals surface area contributed by atoms with Crippen LogP contribution in [0, 0.1) is 11.3 Å². The molecule has 0 saturated heterocycles. The third-order valence-electron chi connectivity index (χ3n) is 2.08. The zero-order chi connectivity index (χ0) is 9.03. The van der Waals surface area contributed by atoms with Crippen LogP contribution in [0.2, 0.25) is 0 Å². The van der Waals surface area contributed by atoms with Gasteiger partial charge < -0.3 is 0 Å². The van der Waals surface area contributed by atoms with Crippen LogP contribution in [0.25, 0.3) is 0 Å². The third kappa shape index (κ3) is 1.42. The van der Waals surface area contributed by atoms with E-state index in [-0.39, 0.29) is 0 Å². The fourth-order valence-corrected chi connectivity index (χ4v) is 0.901. The van der Waals surface area contributed by atoms with E-state index in [1.54, 1.807) is 18.6 Å². The van der Waals surface area contributed by atoms with E-state index < -0.39 is 5.41 Å². The van der Waals surface area contributed by atoms with Gasteiger partial charge >= 0.3 is 0 Å². The van der Waals surface area contributed by atoms with Gasteiger partial charge in [-0.05, 0) is 13.3 Å². The van der Waals surface area contributed by atoms with Crippen molar-refractivity contribution in [3.05, 3.63) is 24.3 Å². The van der Waals surface area contributed by atoms with Crippen molar-refractivity contribution in [1.29, 1.82) is 5.26 Å². The van der Waals surface area contributed by atoms with Gasteiger partial charge in [-0.15, -0.1) is 0 Å². The first-order valence-electron chi connectivity index (χ1n) is 3.90. The molecule has 1 atom stereocenters. The number of hydrogen-bond donors (Lipinski definition) is 0. The van der Waals surface area contributed by atoms with Gasteiger partial charge in [-0.2, -0.15) is 5.26 Å². The Morgan fingerprint density at radius 3 is 2.75 bits per heavy atom. The van der Waals surface area contributed by atoms with Gasteiger partial charge in [-0.25, -0.2) is 0 Å². The second kappa shape index (κ2) is 3.31. The first-order valence-corrected chi connectivity index (χ1v) is 3.90. The van der Waals surface area contributed by atoms with E-state index >= 15 is 0 Å². The summed E-state index contributed by atoms with van der Waals surface area (Å²) in [5.41, 5.74) is 0.254. The van der Waals surface area contributed by atoms with E-state index in [1.165, 1.54) is 0 Å². The molecule has 1 aromatic rings. The summed E-state index contributed by atoms with van der Waals surface area (Å²) < 4.78 is 0. The van der Waals surface area contributed by atoms with Crippen LogP contribution in [0.1, 0.15) is 26.0 Å². The van der Waals surface area contributed by atoms with Crippen molar-refractivity contribution in [2.75, 3.05) is 0 Å². The predicted molar refractivity (Wildman–Crippen MR) is 45.3 cm³/mol. The van der Waals surface area contributed by atoms with Crippen molar-refractivity contribution in [2.45, 2.75) is 25.7 Å². The Balaban J connectivity index is 3.06. The Morgan fingerprint density at radius 2 is 2.33 bits per heavy atom.